The Kier molecular flexibility index (Phi) is 4.99. The molecule has 0 saturated heterocycles. The third-order valence-corrected chi connectivity index (χ3v) is 2.94. The van der Waals surface area contributed by atoms with Crippen LogP contribution in [0.2, 0.25) is 0 Å². The van der Waals surface area contributed by atoms with E-state index >= 15 is 0 Å². The van der Waals surface area contributed by atoms with E-state index in [9.17, 15) is 13.2 Å². The summed E-state index contributed by atoms with van der Waals surface area (Å²) in [5, 5.41) is 0. The van der Waals surface area contributed by atoms with Gasteiger partial charge in [-0.05, 0) is 29.3 Å². The number of rotatable bonds is 4. The monoisotopic (exact) mass is 304 g/mol. The van der Waals surface area contributed by atoms with Gasteiger partial charge in [-0.25, -0.2) is 0 Å². The summed E-state index contributed by atoms with van der Waals surface area (Å²) in [6.45, 7) is 0.106. The molecule has 2 rings (SSSR count). The minimum absolute atomic E-state index is 0.106. The van der Waals surface area contributed by atoms with Crippen LogP contribution in [0, 0.1) is 0 Å². The van der Waals surface area contributed by atoms with Crippen molar-refractivity contribution in [2.75, 3.05) is 0 Å². The van der Waals surface area contributed by atoms with E-state index in [2.05, 4.69) is 4.99 Å². The number of benzene rings is 2. The second-order valence-corrected chi connectivity index (χ2v) is 4.68. The van der Waals surface area contributed by atoms with Crippen molar-refractivity contribution < 1.29 is 13.2 Å². The van der Waals surface area contributed by atoms with Crippen molar-refractivity contribution in [3.05, 3.63) is 77.4 Å². The molecule has 0 spiro atoms. The summed E-state index contributed by atoms with van der Waals surface area (Å²) in [4.78, 5) is 4.07. The van der Waals surface area contributed by atoms with Crippen LogP contribution in [-0.4, -0.2) is 5.84 Å². The average molecular weight is 304 g/mol. The van der Waals surface area contributed by atoms with Crippen molar-refractivity contribution in [2.45, 2.75) is 12.7 Å². The molecule has 0 aliphatic rings. The average Bonchev–Trinajstić information content (AvgIpc) is 2.51. The van der Waals surface area contributed by atoms with E-state index in [1.54, 1.807) is 18.2 Å². The Morgan fingerprint density at radius 1 is 1.05 bits per heavy atom. The van der Waals surface area contributed by atoms with Crippen LogP contribution in [-0.2, 0) is 12.7 Å². The zero-order valence-corrected chi connectivity index (χ0v) is 11.7. The minimum atomic E-state index is -4.35. The van der Waals surface area contributed by atoms with Crippen LogP contribution in [0.3, 0.4) is 0 Å². The maximum absolute atomic E-state index is 12.6. The highest BCUT2D eigenvalue weighted by Gasteiger charge is 2.30. The van der Waals surface area contributed by atoms with Gasteiger partial charge in [-0.3, -0.25) is 4.99 Å². The first-order chi connectivity index (χ1) is 10.4. The Hall–Kier alpha value is -2.56. The minimum Gasteiger partial charge on any atom is -0.384 e. The predicted molar refractivity (Wildman–Crippen MR) is 82.2 cm³/mol. The molecule has 0 unspecified atom stereocenters. The van der Waals surface area contributed by atoms with Gasteiger partial charge in [0, 0.05) is 0 Å². The Morgan fingerprint density at radius 2 is 1.77 bits per heavy atom. The van der Waals surface area contributed by atoms with Crippen LogP contribution < -0.4 is 5.73 Å². The number of hydrogen-bond acceptors (Lipinski definition) is 1. The van der Waals surface area contributed by atoms with Gasteiger partial charge in [-0.1, -0.05) is 48.5 Å². The summed E-state index contributed by atoms with van der Waals surface area (Å²) in [5.41, 5.74) is 6.49. The fraction of sp³-hybridized carbons (Fsp3) is 0.118. The molecule has 2 nitrogen and oxygen atoms in total. The van der Waals surface area contributed by atoms with E-state index in [1.165, 1.54) is 6.07 Å². The maximum atomic E-state index is 12.6. The molecule has 0 fully saturated rings. The van der Waals surface area contributed by atoms with Gasteiger partial charge in [0.2, 0.25) is 0 Å². The number of hydrogen-bond donors (Lipinski definition) is 1. The van der Waals surface area contributed by atoms with Gasteiger partial charge in [-0.2, -0.15) is 13.2 Å². The van der Waals surface area contributed by atoms with Gasteiger partial charge < -0.3 is 5.73 Å². The van der Waals surface area contributed by atoms with Crippen molar-refractivity contribution in [3.63, 3.8) is 0 Å². The SMILES string of the molecule is NC(/C=C/c1ccccc1)=NCc1cccc(C(F)(F)F)c1. The first kappa shape index (κ1) is 15.8. The number of halogens is 3. The Balaban J connectivity index is 2.03. The highest BCUT2D eigenvalue weighted by atomic mass is 19.4. The molecule has 22 heavy (non-hydrogen) atoms. The summed E-state index contributed by atoms with van der Waals surface area (Å²) >= 11 is 0. The molecule has 0 aliphatic carbocycles. The fourth-order valence-corrected chi connectivity index (χ4v) is 1.83. The second kappa shape index (κ2) is 6.93. The quantitative estimate of drug-likeness (QED) is 0.664. The Morgan fingerprint density at radius 3 is 2.45 bits per heavy atom. The molecule has 2 N–H and O–H groups in total. The van der Waals surface area contributed by atoms with Crippen molar-refractivity contribution in [1.82, 2.24) is 0 Å². The highest BCUT2D eigenvalue weighted by Crippen LogP contribution is 2.29. The molecule has 114 valence electrons. The van der Waals surface area contributed by atoms with E-state index in [0.717, 1.165) is 17.7 Å². The van der Waals surface area contributed by atoms with E-state index in [0.29, 0.717) is 5.56 Å². The van der Waals surface area contributed by atoms with Gasteiger partial charge in [0.1, 0.15) is 5.84 Å². The van der Waals surface area contributed by atoms with Crippen molar-refractivity contribution in [2.24, 2.45) is 10.7 Å². The lowest BCUT2D eigenvalue weighted by atomic mass is 10.1. The van der Waals surface area contributed by atoms with E-state index in [-0.39, 0.29) is 12.4 Å². The van der Waals surface area contributed by atoms with E-state index in [1.807, 2.05) is 30.3 Å². The lowest BCUT2D eigenvalue weighted by Gasteiger charge is -2.07. The van der Waals surface area contributed by atoms with Crippen molar-refractivity contribution in [3.8, 4) is 0 Å². The smallest absolute Gasteiger partial charge is 0.384 e. The first-order valence-corrected chi connectivity index (χ1v) is 6.64. The summed E-state index contributed by atoms with van der Waals surface area (Å²) in [6, 6.07) is 14.6. The molecule has 2 aromatic rings. The standard InChI is InChI=1S/C17H15F3N2/c18-17(19,20)15-8-4-7-14(11-15)12-22-16(21)10-9-13-5-2-1-3-6-13/h1-11H,12H2,(H2,21,22)/b10-9+. The lowest BCUT2D eigenvalue weighted by molar-refractivity contribution is -0.137. The van der Waals surface area contributed by atoms with Gasteiger partial charge in [0.15, 0.2) is 0 Å². The van der Waals surface area contributed by atoms with E-state index < -0.39 is 11.7 Å². The lowest BCUT2D eigenvalue weighted by Crippen LogP contribution is -2.08. The topological polar surface area (TPSA) is 38.4 Å². The molecule has 0 bridgehead atoms. The summed E-state index contributed by atoms with van der Waals surface area (Å²) in [7, 11) is 0. The van der Waals surface area contributed by atoms with Gasteiger partial charge in [0.25, 0.3) is 0 Å². The Labute approximate surface area is 126 Å². The summed E-state index contributed by atoms with van der Waals surface area (Å²) in [6.07, 6.45) is -0.924. The molecule has 2 aromatic carbocycles. The number of amidine groups is 1. The molecule has 0 amide bonds. The molecule has 0 atom stereocenters. The maximum Gasteiger partial charge on any atom is 0.416 e. The molecular formula is C17H15F3N2. The van der Waals surface area contributed by atoms with Crippen LogP contribution >= 0.6 is 0 Å². The zero-order valence-electron chi connectivity index (χ0n) is 11.7. The predicted octanol–water partition coefficient (Wildman–Crippen LogP) is 4.28. The third-order valence-electron chi connectivity index (χ3n) is 2.94. The molecule has 0 radical (unpaired) electrons. The van der Waals surface area contributed by atoms with Gasteiger partial charge >= 0.3 is 6.18 Å². The van der Waals surface area contributed by atoms with Crippen LogP contribution in [0.4, 0.5) is 13.2 Å². The highest BCUT2D eigenvalue weighted by molar-refractivity contribution is 5.95. The van der Waals surface area contributed by atoms with Gasteiger partial charge in [-0.15, -0.1) is 0 Å². The van der Waals surface area contributed by atoms with Crippen LogP contribution in [0.1, 0.15) is 16.7 Å². The summed E-state index contributed by atoms with van der Waals surface area (Å²) < 4.78 is 37.8. The van der Waals surface area contributed by atoms with Crippen LogP contribution in [0.25, 0.3) is 6.08 Å². The summed E-state index contributed by atoms with van der Waals surface area (Å²) in [5.74, 6) is 0.265. The van der Waals surface area contributed by atoms with E-state index in [4.69, 9.17) is 5.73 Å². The van der Waals surface area contributed by atoms with Gasteiger partial charge in [0.05, 0.1) is 12.1 Å². The molecular weight excluding hydrogens is 289 g/mol. The second-order valence-electron chi connectivity index (χ2n) is 4.68. The zero-order chi connectivity index (χ0) is 16.0. The third kappa shape index (κ3) is 4.77. The number of nitrogens with two attached hydrogens (primary N) is 1. The molecule has 0 aromatic heterocycles. The largest absolute Gasteiger partial charge is 0.416 e. The number of aliphatic imine (C=N–C) groups is 1. The van der Waals surface area contributed by atoms with Crippen LogP contribution in [0.15, 0.2) is 65.7 Å². The molecule has 5 heteroatoms. The first-order valence-electron chi connectivity index (χ1n) is 6.64. The van der Waals surface area contributed by atoms with Crippen molar-refractivity contribution >= 4 is 11.9 Å². The normalized spacial score (nSPS) is 12.8. The Bertz CT molecular complexity index is 674. The number of alkyl halides is 3. The molecule has 0 heterocycles. The number of nitrogens with zero attached hydrogens (tertiary/aromatic N) is 1. The van der Waals surface area contributed by atoms with Crippen molar-refractivity contribution in [1.29, 1.82) is 0 Å². The molecule has 0 aliphatic heterocycles. The molecule has 0 saturated carbocycles. The van der Waals surface area contributed by atoms with Crippen LogP contribution in [0.5, 0.6) is 0 Å². The fourth-order valence-electron chi connectivity index (χ4n) is 1.83.